The van der Waals surface area contributed by atoms with Crippen LogP contribution in [0.5, 0.6) is 0 Å². The van der Waals surface area contributed by atoms with Gasteiger partial charge in [0.1, 0.15) is 12.1 Å². The highest BCUT2D eigenvalue weighted by Crippen LogP contribution is 2.61. The number of ether oxygens (including phenoxy) is 2. The van der Waals surface area contributed by atoms with Crippen molar-refractivity contribution in [2.75, 3.05) is 40.9 Å². The summed E-state index contributed by atoms with van der Waals surface area (Å²) in [7, 11) is 6.13. The lowest BCUT2D eigenvalue weighted by Gasteiger charge is -2.62. The van der Waals surface area contributed by atoms with Crippen LogP contribution in [0.25, 0.3) is 0 Å². The number of hydroxylamine groups is 2. The van der Waals surface area contributed by atoms with E-state index < -0.39 is 24.2 Å². The number of hydrogen-bond donors (Lipinski definition) is 4. The third-order valence-electron chi connectivity index (χ3n) is 17.7. The number of carbonyl (C=O) groups excluding carboxylic acids is 2. The fourth-order valence-corrected chi connectivity index (χ4v) is 14.1. The summed E-state index contributed by atoms with van der Waals surface area (Å²) in [6.45, 7) is 9.69. The number of fused-ring (bicyclic) bond motifs is 2. The molecule has 7 saturated carbocycles. The highest BCUT2D eigenvalue weighted by atomic mass is 16.7. The molecule has 2 bridgehead atoms. The number of rotatable bonds is 15. The molecule has 8 fully saturated rings. The molecule has 7 aliphatic carbocycles. The van der Waals surface area contributed by atoms with Crippen LogP contribution in [0.1, 0.15) is 143 Å². The van der Waals surface area contributed by atoms with Crippen LogP contribution in [0.2, 0.25) is 0 Å². The Hall–Kier alpha value is -1.34. The average Bonchev–Trinajstić information content (AvgIpc) is 3.60. The monoisotopic (exact) mass is 829 g/mol. The van der Waals surface area contributed by atoms with E-state index in [0.717, 1.165) is 64.3 Å². The number of aliphatic hydroxyl groups is 2. The molecule has 11 heteroatoms. The molecule has 0 radical (unpaired) electrons. The molecule has 16 atom stereocenters. The van der Waals surface area contributed by atoms with Crippen LogP contribution in [0.3, 0.4) is 0 Å². The van der Waals surface area contributed by atoms with E-state index in [1.165, 1.54) is 57.8 Å². The number of carbonyl (C=O) groups is 2. The minimum absolute atomic E-state index is 0.0365. The minimum atomic E-state index is -0.825. The molecule has 8 unspecified atom stereocenters. The van der Waals surface area contributed by atoms with Crippen molar-refractivity contribution < 1.29 is 34.1 Å². The molecule has 0 aromatic carbocycles. The summed E-state index contributed by atoms with van der Waals surface area (Å²) >= 11 is 0. The maximum atomic E-state index is 14.4. The first-order chi connectivity index (χ1) is 28.3. The average molecular weight is 829 g/mol. The van der Waals surface area contributed by atoms with Crippen LogP contribution < -0.4 is 10.6 Å². The molecule has 8 aliphatic rings. The van der Waals surface area contributed by atoms with Crippen molar-refractivity contribution in [3.63, 3.8) is 0 Å². The second-order valence-electron chi connectivity index (χ2n) is 21.7. The van der Waals surface area contributed by atoms with E-state index in [0.29, 0.717) is 59.8 Å². The smallest absolute Gasteiger partial charge is 0.240 e. The summed E-state index contributed by atoms with van der Waals surface area (Å²) < 4.78 is 13.2. The van der Waals surface area contributed by atoms with E-state index in [2.05, 4.69) is 50.4 Å². The van der Waals surface area contributed by atoms with Crippen LogP contribution in [0, 0.1) is 58.7 Å². The largest absolute Gasteiger partial charge is 0.394 e. The van der Waals surface area contributed by atoms with Gasteiger partial charge in [0.15, 0.2) is 0 Å². The Bertz CT molecular complexity index is 1370. The SMILES string of the molecule is COC1C(CN2O[C@@H](CO)[C@@H]([C@H](C)O)[C@H]2C(=O)N[C@H]2C[C@H]3C[C@@H]([C@@H]2C)C3(C)C)CCCC1C1CC(C(=O)NCCC2CCCCC2OC2CCCCC2)CC(N(C)C)C1. The van der Waals surface area contributed by atoms with Gasteiger partial charge in [-0.2, -0.15) is 5.06 Å². The van der Waals surface area contributed by atoms with E-state index in [-0.39, 0.29) is 48.3 Å². The Labute approximate surface area is 357 Å². The Balaban J connectivity index is 0.989. The Morgan fingerprint density at radius 1 is 0.915 bits per heavy atom. The third-order valence-corrected chi connectivity index (χ3v) is 17.7. The number of nitrogens with zero attached hydrogens (tertiary/aromatic N) is 2. The van der Waals surface area contributed by atoms with Crippen LogP contribution in [-0.4, -0.2) is 122 Å². The number of aliphatic hydroxyl groups excluding tert-OH is 2. The Morgan fingerprint density at radius 2 is 1.64 bits per heavy atom. The third kappa shape index (κ3) is 10.1. The van der Waals surface area contributed by atoms with E-state index in [9.17, 15) is 19.8 Å². The lowest BCUT2D eigenvalue weighted by molar-refractivity contribution is -0.193. The molecular weight excluding hydrogens is 745 g/mol. The Morgan fingerprint density at radius 3 is 2.32 bits per heavy atom. The summed E-state index contributed by atoms with van der Waals surface area (Å²) in [5.74, 6) is 2.37. The molecule has 0 aromatic heterocycles. The fraction of sp³-hybridized carbons (Fsp3) is 0.958. The highest BCUT2D eigenvalue weighted by molar-refractivity contribution is 5.83. The van der Waals surface area contributed by atoms with Gasteiger partial charge in [-0.15, -0.1) is 0 Å². The Kier molecular flexibility index (Phi) is 15.5. The van der Waals surface area contributed by atoms with Crippen molar-refractivity contribution in [3.8, 4) is 0 Å². The lowest BCUT2D eigenvalue weighted by Crippen LogP contribution is -2.62. The molecule has 8 rings (SSSR count). The zero-order valence-electron chi connectivity index (χ0n) is 38.0. The second kappa shape index (κ2) is 20.0. The molecule has 2 amide bonds. The molecule has 1 saturated heterocycles. The first-order valence-corrected chi connectivity index (χ1v) is 24.5. The predicted molar refractivity (Wildman–Crippen MR) is 230 cm³/mol. The maximum Gasteiger partial charge on any atom is 0.240 e. The van der Waals surface area contributed by atoms with Crippen molar-refractivity contribution in [3.05, 3.63) is 0 Å². The molecule has 0 aromatic rings. The van der Waals surface area contributed by atoms with Crippen molar-refractivity contribution in [2.45, 2.75) is 192 Å². The number of nitrogens with one attached hydrogen (secondary N) is 2. The van der Waals surface area contributed by atoms with Gasteiger partial charge in [0.2, 0.25) is 11.8 Å². The molecular formula is C48H84N4O7. The van der Waals surface area contributed by atoms with E-state index in [1.807, 2.05) is 12.2 Å². The molecule has 1 heterocycles. The maximum absolute atomic E-state index is 14.4. The molecule has 0 spiro atoms. The minimum Gasteiger partial charge on any atom is -0.394 e. The quantitative estimate of drug-likeness (QED) is 0.149. The zero-order chi connectivity index (χ0) is 42.0. The topological polar surface area (TPSA) is 133 Å². The number of hydrogen-bond acceptors (Lipinski definition) is 9. The van der Waals surface area contributed by atoms with E-state index in [4.69, 9.17) is 14.3 Å². The van der Waals surface area contributed by atoms with Gasteiger partial charge in [-0.05, 0) is 139 Å². The van der Waals surface area contributed by atoms with Crippen molar-refractivity contribution in [1.29, 1.82) is 0 Å². The molecule has 11 nitrogen and oxygen atoms in total. The van der Waals surface area contributed by atoms with Crippen LogP contribution >= 0.6 is 0 Å². The van der Waals surface area contributed by atoms with Gasteiger partial charge in [-0.1, -0.05) is 59.3 Å². The van der Waals surface area contributed by atoms with Crippen molar-refractivity contribution >= 4 is 11.8 Å². The number of amides is 2. The fourth-order valence-electron chi connectivity index (χ4n) is 14.1. The second-order valence-corrected chi connectivity index (χ2v) is 21.7. The van der Waals surface area contributed by atoms with E-state index >= 15 is 0 Å². The zero-order valence-corrected chi connectivity index (χ0v) is 38.0. The van der Waals surface area contributed by atoms with Gasteiger partial charge >= 0.3 is 0 Å². The summed E-state index contributed by atoms with van der Waals surface area (Å²) in [6.07, 6.45) is 19.5. The van der Waals surface area contributed by atoms with Gasteiger partial charge in [-0.25, -0.2) is 0 Å². The van der Waals surface area contributed by atoms with Crippen molar-refractivity contribution in [1.82, 2.24) is 20.6 Å². The van der Waals surface area contributed by atoms with Gasteiger partial charge in [0.25, 0.3) is 0 Å². The van der Waals surface area contributed by atoms with Crippen LogP contribution in [0.4, 0.5) is 0 Å². The molecule has 338 valence electrons. The molecule has 1 aliphatic heterocycles. The van der Waals surface area contributed by atoms with Gasteiger partial charge in [0, 0.05) is 50.0 Å². The first kappa shape index (κ1) is 45.7. The molecule has 4 N–H and O–H groups in total. The van der Waals surface area contributed by atoms with E-state index in [1.54, 1.807) is 6.92 Å². The summed E-state index contributed by atoms with van der Waals surface area (Å²) in [5, 5.41) is 30.2. The number of methoxy groups -OCH3 is 1. The van der Waals surface area contributed by atoms with Gasteiger partial charge < -0.3 is 35.2 Å². The van der Waals surface area contributed by atoms with Gasteiger partial charge in [0.05, 0.1) is 31.0 Å². The normalized spacial score (nSPS) is 42.2. The van der Waals surface area contributed by atoms with Gasteiger partial charge in [-0.3, -0.25) is 14.4 Å². The predicted octanol–water partition coefficient (Wildman–Crippen LogP) is 6.34. The van der Waals surface area contributed by atoms with Crippen LogP contribution in [0.15, 0.2) is 0 Å². The summed E-state index contributed by atoms with van der Waals surface area (Å²) in [5.41, 5.74) is 0.316. The standard InChI is InChI=1S/C48H84N4O7/c1-29-39-25-35(48(39,3)4)26-40(29)50-47(56)44-43(30(2)54)42(28-53)59-52(44)27-32-15-13-18-38(45(32)57-7)33-22-34(24-36(23-33)51(5)6)46(55)49-21-20-31-14-11-12-19-41(31)58-37-16-9-8-10-17-37/h29-45,53-54H,8-28H2,1-7H3,(H,49,55)(H,50,56)/t29-,30-,31?,32?,33?,34?,35+,36?,38?,39-,40-,41?,42-,43+,44-,45?/m0/s1. The molecule has 59 heavy (non-hydrogen) atoms. The highest BCUT2D eigenvalue weighted by Gasteiger charge is 2.58. The first-order valence-electron chi connectivity index (χ1n) is 24.5. The summed E-state index contributed by atoms with van der Waals surface area (Å²) in [6, 6.07) is -0.285. The summed E-state index contributed by atoms with van der Waals surface area (Å²) in [4.78, 5) is 37.2. The van der Waals surface area contributed by atoms with Crippen LogP contribution in [-0.2, 0) is 23.9 Å². The lowest BCUT2D eigenvalue weighted by atomic mass is 9.45. The van der Waals surface area contributed by atoms with Crippen molar-refractivity contribution in [2.24, 2.45) is 58.7 Å².